The predicted octanol–water partition coefficient (Wildman–Crippen LogP) is 6.42. The molecule has 1 aliphatic rings. The normalized spacial score (nSPS) is 14.1. The van der Waals surface area contributed by atoms with Gasteiger partial charge in [0.1, 0.15) is 11.4 Å². The van der Waals surface area contributed by atoms with E-state index in [9.17, 15) is 22.4 Å². The van der Waals surface area contributed by atoms with Crippen molar-refractivity contribution in [2.75, 3.05) is 18.1 Å². The molecule has 6 nitrogen and oxygen atoms in total. The average molecular weight is 606 g/mol. The molecule has 1 unspecified atom stereocenters. The number of benzene rings is 1. The van der Waals surface area contributed by atoms with Gasteiger partial charge < -0.3 is 15.0 Å². The molecule has 3 rings (SSSR count). The summed E-state index contributed by atoms with van der Waals surface area (Å²) >= 11 is 5.64. The Balaban J connectivity index is 0.00000176. The molecule has 1 aliphatic heterocycles. The van der Waals surface area contributed by atoms with Crippen molar-refractivity contribution in [2.24, 2.45) is 0 Å². The molecule has 32 heavy (non-hydrogen) atoms. The lowest BCUT2D eigenvalue weighted by Crippen LogP contribution is -2.40. The fourth-order valence-corrected chi connectivity index (χ4v) is 4.70. The number of anilines is 2. The lowest BCUT2D eigenvalue weighted by Gasteiger charge is -2.30. The summed E-state index contributed by atoms with van der Waals surface area (Å²) < 4.78 is 60.4. The quantitative estimate of drug-likeness (QED) is 0.184. The van der Waals surface area contributed by atoms with Crippen LogP contribution in [0.5, 0.6) is 0 Å². The number of aromatic nitrogens is 2. The molecular weight excluding hydrogens is 582 g/mol. The molecule has 13 heteroatoms. The predicted molar refractivity (Wildman–Crippen MR) is 130 cm³/mol. The van der Waals surface area contributed by atoms with Gasteiger partial charge in [-0.2, -0.15) is 30.9 Å². The van der Waals surface area contributed by atoms with Crippen LogP contribution in [0.4, 0.5) is 33.9 Å². The zero-order valence-electron chi connectivity index (χ0n) is 17.8. The van der Waals surface area contributed by atoms with Crippen LogP contribution in [-0.2, 0) is 23.9 Å². The second kappa shape index (κ2) is 10.8. The van der Waals surface area contributed by atoms with Gasteiger partial charge in [0.25, 0.3) is 0 Å². The molecule has 1 aromatic carbocycles. The molecule has 0 radical (unpaired) electrons. The minimum absolute atomic E-state index is 0.182. The average Bonchev–Trinajstić information content (AvgIpc) is 3.05. The van der Waals surface area contributed by atoms with Gasteiger partial charge in [-0.25, -0.2) is 13.6 Å². The summed E-state index contributed by atoms with van der Waals surface area (Å²) in [6.45, 7) is 5.92. The third-order valence-corrected chi connectivity index (χ3v) is 6.23. The molecule has 1 N–H and O–H groups in total. The van der Waals surface area contributed by atoms with Gasteiger partial charge in [-0.05, 0) is 73.7 Å². The Hall–Kier alpha value is -1.27. The Labute approximate surface area is 204 Å². The number of nitrogens with zero attached hydrogens (tertiary/aromatic N) is 3. The molecule has 1 amide bonds. The second-order valence-electron chi connectivity index (χ2n) is 7.73. The minimum Gasteiger partial charge on any atom is -0.444 e. The fourth-order valence-electron chi connectivity index (χ4n) is 3.06. The topological polar surface area (TPSA) is 59.4 Å². The van der Waals surface area contributed by atoms with E-state index in [-0.39, 0.29) is 24.4 Å². The standard InChI is InChI=1S/C18H20F4IN4O2P.CH4S/c1-17(2,3)29-16(28)26-7-6-11-14(9-26)27(30-23)25-15(11)24-13-5-4-10(19)8-12(13)18(20,21)22;1-2/h4-5,8,30H,6-7,9H2,1-3H3,(H,24,25);2H,1H3. The number of hydrogen-bond donors (Lipinski definition) is 2. The van der Waals surface area contributed by atoms with Crippen molar-refractivity contribution in [2.45, 2.75) is 45.5 Å². The number of carbonyl (C=O) groups excluding carboxylic acids is 1. The number of fused-ring (bicyclic) bond motifs is 1. The summed E-state index contributed by atoms with van der Waals surface area (Å²) in [4.78, 5) is 14.0. The third-order valence-electron chi connectivity index (χ3n) is 4.33. The Morgan fingerprint density at radius 2 is 1.94 bits per heavy atom. The minimum atomic E-state index is -4.72. The summed E-state index contributed by atoms with van der Waals surface area (Å²) in [6, 6.07) is 2.47. The molecule has 2 heterocycles. The number of halogens is 5. The van der Waals surface area contributed by atoms with Crippen LogP contribution in [0.15, 0.2) is 18.2 Å². The van der Waals surface area contributed by atoms with E-state index in [2.05, 4.69) is 45.1 Å². The van der Waals surface area contributed by atoms with Crippen molar-refractivity contribution in [1.29, 1.82) is 0 Å². The van der Waals surface area contributed by atoms with Crippen LogP contribution in [0.2, 0.25) is 0 Å². The van der Waals surface area contributed by atoms with Crippen molar-refractivity contribution >= 4 is 58.6 Å². The maximum atomic E-state index is 13.4. The van der Waals surface area contributed by atoms with E-state index in [0.717, 1.165) is 23.4 Å². The van der Waals surface area contributed by atoms with Gasteiger partial charge in [0.15, 0.2) is 5.82 Å². The van der Waals surface area contributed by atoms with Gasteiger partial charge in [-0.1, -0.05) is 0 Å². The highest BCUT2D eigenvalue weighted by atomic mass is 127. The van der Waals surface area contributed by atoms with Gasteiger partial charge in [0.05, 0.1) is 29.9 Å². The van der Waals surface area contributed by atoms with Gasteiger partial charge in [-0.15, -0.1) is 0 Å². The van der Waals surface area contributed by atoms with Crippen LogP contribution in [-0.4, -0.2) is 38.9 Å². The first-order valence-corrected chi connectivity index (χ1v) is 14.4. The second-order valence-corrected chi connectivity index (χ2v) is 9.77. The Morgan fingerprint density at radius 3 is 2.50 bits per heavy atom. The molecule has 0 saturated carbocycles. The zero-order valence-corrected chi connectivity index (χ0v) is 21.9. The molecular formula is C19H24F4IN4O2PS. The Bertz CT molecular complexity index is 966. The number of alkyl halides is 3. The van der Waals surface area contributed by atoms with E-state index in [1.807, 2.05) is 0 Å². The molecule has 0 bridgehead atoms. The molecule has 0 fully saturated rings. The van der Waals surface area contributed by atoms with Crippen LogP contribution in [0.3, 0.4) is 0 Å². The highest BCUT2D eigenvalue weighted by Gasteiger charge is 2.35. The molecule has 0 aliphatic carbocycles. The smallest absolute Gasteiger partial charge is 0.418 e. The van der Waals surface area contributed by atoms with E-state index in [1.54, 1.807) is 36.4 Å². The van der Waals surface area contributed by atoms with E-state index < -0.39 is 29.3 Å². The van der Waals surface area contributed by atoms with Crippen LogP contribution < -0.4 is 5.32 Å². The number of ether oxygens (including phenoxy) is 1. The van der Waals surface area contributed by atoms with Crippen LogP contribution >= 0.6 is 41.0 Å². The molecule has 0 saturated heterocycles. The zero-order chi connectivity index (χ0) is 24.3. The molecule has 0 spiro atoms. The van der Waals surface area contributed by atoms with Crippen molar-refractivity contribution in [3.8, 4) is 0 Å². The number of rotatable bonds is 3. The monoisotopic (exact) mass is 606 g/mol. The maximum absolute atomic E-state index is 13.4. The summed E-state index contributed by atoms with van der Waals surface area (Å²) in [5, 5.41) is 7.11. The molecule has 1 aromatic heterocycles. The SMILES string of the molecule is CC(C)(C)OC(=O)N1CCc2c(Nc3ccc(F)cc3C(F)(F)F)nn(PI)c2C1.CS. The summed E-state index contributed by atoms with van der Waals surface area (Å²) in [7, 11) is 0. The van der Waals surface area contributed by atoms with Crippen molar-refractivity contribution in [3.63, 3.8) is 0 Å². The molecule has 178 valence electrons. The van der Waals surface area contributed by atoms with Gasteiger partial charge in [-0.3, -0.25) is 0 Å². The first-order chi connectivity index (χ1) is 14.9. The van der Waals surface area contributed by atoms with Gasteiger partial charge in [0.2, 0.25) is 0 Å². The molecule has 2 aromatic rings. The first-order valence-electron chi connectivity index (χ1n) is 9.43. The lowest BCUT2D eigenvalue weighted by atomic mass is 10.1. The summed E-state index contributed by atoms with van der Waals surface area (Å²) in [5.74, 6) is -0.697. The van der Waals surface area contributed by atoms with E-state index >= 15 is 0 Å². The van der Waals surface area contributed by atoms with Crippen LogP contribution in [0, 0.1) is 5.82 Å². The number of hydrogen-bond acceptors (Lipinski definition) is 5. The Kier molecular flexibility index (Phi) is 9.08. The van der Waals surface area contributed by atoms with Gasteiger partial charge >= 0.3 is 12.3 Å². The Morgan fingerprint density at radius 1 is 1.28 bits per heavy atom. The van der Waals surface area contributed by atoms with E-state index in [1.165, 1.54) is 0 Å². The fraction of sp³-hybridized carbons (Fsp3) is 0.474. The van der Waals surface area contributed by atoms with Crippen molar-refractivity contribution in [3.05, 3.63) is 40.8 Å². The van der Waals surface area contributed by atoms with Gasteiger partial charge in [0, 0.05) is 12.1 Å². The summed E-state index contributed by atoms with van der Waals surface area (Å²) in [5.41, 5.74) is -0.544. The van der Waals surface area contributed by atoms with Crippen molar-refractivity contribution in [1.82, 2.24) is 14.5 Å². The van der Waals surface area contributed by atoms with Crippen molar-refractivity contribution < 1.29 is 27.1 Å². The maximum Gasteiger partial charge on any atom is 0.418 e. The number of nitrogens with one attached hydrogen (secondary N) is 1. The highest BCUT2D eigenvalue weighted by Crippen LogP contribution is 2.39. The largest absolute Gasteiger partial charge is 0.444 e. The third kappa shape index (κ3) is 6.63. The van der Waals surface area contributed by atoms with E-state index in [0.29, 0.717) is 19.0 Å². The van der Waals surface area contributed by atoms with Crippen LogP contribution in [0.25, 0.3) is 0 Å². The highest BCUT2D eigenvalue weighted by molar-refractivity contribution is 14.2. The first kappa shape index (κ1) is 27.0. The molecule has 1 atom stereocenters. The van der Waals surface area contributed by atoms with E-state index in [4.69, 9.17) is 4.74 Å². The number of amides is 1. The number of thiol groups is 1. The van der Waals surface area contributed by atoms with Crippen LogP contribution in [0.1, 0.15) is 37.6 Å². The summed E-state index contributed by atoms with van der Waals surface area (Å²) in [6.07, 6.45) is -2.89. The number of carbonyl (C=O) groups is 1. The lowest BCUT2D eigenvalue weighted by molar-refractivity contribution is -0.137.